The van der Waals surface area contributed by atoms with Crippen molar-refractivity contribution in [1.29, 1.82) is 0 Å². The van der Waals surface area contributed by atoms with Gasteiger partial charge in [0.05, 0.1) is 22.3 Å². The molecule has 0 N–H and O–H groups in total. The highest BCUT2D eigenvalue weighted by molar-refractivity contribution is 7.18. The van der Waals surface area contributed by atoms with E-state index in [4.69, 9.17) is 4.74 Å². The third-order valence-corrected chi connectivity index (χ3v) is 5.30. The second-order valence-corrected chi connectivity index (χ2v) is 7.79. The van der Waals surface area contributed by atoms with Gasteiger partial charge in [-0.3, -0.25) is 4.79 Å². The summed E-state index contributed by atoms with van der Waals surface area (Å²) in [7, 11) is 1.68. The Morgan fingerprint density at radius 2 is 1.81 bits per heavy atom. The molecule has 1 amide bonds. The van der Waals surface area contributed by atoms with E-state index in [1.54, 1.807) is 30.5 Å². The number of hydrogen-bond donors (Lipinski definition) is 0. The molecule has 0 aliphatic carbocycles. The first-order valence-corrected chi connectivity index (χ1v) is 9.61. The number of amides is 1. The first kappa shape index (κ1) is 19.0. The Balaban J connectivity index is 1.53. The highest BCUT2D eigenvalue weighted by Crippen LogP contribution is 2.22. The van der Waals surface area contributed by atoms with Crippen LogP contribution in [0.15, 0.2) is 48.5 Å². The molecule has 0 saturated heterocycles. The first-order valence-electron chi connectivity index (χ1n) is 8.79. The van der Waals surface area contributed by atoms with E-state index < -0.39 is 5.97 Å². The van der Waals surface area contributed by atoms with Crippen LogP contribution in [0.5, 0.6) is 0 Å². The number of aromatic nitrogens is 1. The Kier molecular flexibility index (Phi) is 5.86. The average Bonchev–Trinajstić information content (AvgIpc) is 3.08. The van der Waals surface area contributed by atoms with Crippen LogP contribution in [0.3, 0.4) is 0 Å². The Bertz CT molecular complexity index is 914. The van der Waals surface area contributed by atoms with Gasteiger partial charge in [0, 0.05) is 7.05 Å². The number of likely N-dealkylation sites (N-methyl/N-ethyl adjacent to an activating group) is 1. The molecule has 0 saturated carbocycles. The zero-order valence-corrected chi connectivity index (χ0v) is 16.5. The smallest absolute Gasteiger partial charge is 0.338 e. The number of fused-ring (bicyclic) bond motifs is 1. The monoisotopic (exact) mass is 382 g/mol. The predicted octanol–water partition coefficient (Wildman–Crippen LogP) is 4.24. The van der Waals surface area contributed by atoms with Crippen molar-refractivity contribution in [3.63, 3.8) is 0 Å². The number of hydrogen-bond acceptors (Lipinski definition) is 5. The fraction of sp³-hybridized carbons (Fsp3) is 0.286. The van der Waals surface area contributed by atoms with E-state index in [1.165, 1.54) is 4.90 Å². The molecule has 0 aliphatic heterocycles. The zero-order valence-electron chi connectivity index (χ0n) is 15.6. The largest absolute Gasteiger partial charge is 0.452 e. The maximum atomic E-state index is 12.3. The van der Waals surface area contributed by atoms with Crippen molar-refractivity contribution in [3.05, 3.63) is 64.7 Å². The number of carbonyl (C=O) groups is 2. The van der Waals surface area contributed by atoms with Gasteiger partial charge >= 0.3 is 5.97 Å². The van der Waals surface area contributed by atoms with Gasteiger partial charge in [-0.2, -0.15) is 0 Å². The lowest BCUT2D eigenvalue weighted by Gasteiger charge is -2.15. The van der Waals surface area contributed by atoms with Gasteiger partial charge in [-0.15, -0.1) is 11.3 Å². The summed E-state index contributed by atoms with van der Waals surface area (Å²) < 4.78 is 6.25. The maximum Gasteiger partial charge on any atom is 0.338 e. The highest BCUT2D eigenvalue weighted by atomic mass is 32.1. The van der Waals surface area contributed by atoms with E-state index in [0.29, 0.717) is 18.0 Å². The summed E-state index contributed by atoms with van der Waals surface area (Å²) in [4.78, 5) is 30.4. The predicted molar refractivity (Wildman–Crippen MR) is 107 cm³/mol. The van der Waals surface area contributed by atoms with Crippen LogP contribution in [0.4, 0.5) is 0 Å². The molecule has 1 heterocycles. The van der Waals surface area contributed by atoms with Crippen molar-refractivity contribution in [3.8, 4) is 0 Å². The molecule has 0 aliphatic rings. The molecule has 0 bridgehead atoms. The normalized spacial score (nSPS) is 11.0. The molecular formula is C21H22N2O3S. The van der Waals surface area contributed by atoms with Crippen LogP contribution < -0.4 is 0 Å². The third-order valence-electron chi connectivity index (χ3n) is 4.28. The Hall–Kier alpha value is -2.73. The average molecular weight is 382 g/mol. The van der Waals surface area contributed by atoms with Crippen molar-refractivity contribution in [2.45, 2.75) is 26.3 Å². The molecule has 1 aromatic heterocycles. The van der Waals surface area contributed by atoms with Gasteiger partial charge in [0.25, 0.3) is 5.91 Å². The molecule has 2 aromatic carbocycles. The fourth-order valence-corrected chi connectivity index (χ4v) is 3.62. The van der Waals surface area contributed by atoms with Crippen molar-refractivity contribution < 1.29 is 14.3 Å². The molecule has 140 valence electrons. The number of thiazole rings is 1. The summed E-state index contributed by atoms with van der Waals surface area (Å²) in [6, 6.07) is 15.1. The molecule has 0 unspecified atom stereocenters. The maximum absolute atomic E-state index is 12.3. The van der Waals surface area contributed by atoms with Gasteiger partial charge in [-0.1, -0.05) is 38.1 Å². The van der Waals surface area contributed by atoms with E-state index in [0.717, 1.165) is 20.8 Å². The number of rotatable bonds is 6. The molecule has 5 nitrogen and oxygen atoms in total. The van der Waals surface area contributed by atoms with Crippen LogP contribution in [0.25, 0.3) is 10.2 Å². The van der Waals surface area contributed by atoms with E-state index in [2.05, 4.69) is 18.8 Å². The lowest BCUT2D eigenvalue weighted by Crippen LogP contribution is -2.30. The van der Waals surface area contributed by atoms with E-state index in [1.807, 2.05) is 36.4 Å². The third kappa shape index (κ3) is 4.71. The standard InChI is InChI=1S/C21H22N2O3S/c1-14(2)15-8-10-16(11-9-15)21(25)26-13-20(24)23(3)12-19-22-17-6-4-5-7-18(17)27-19/h4-11,14H,12-13H2,1-3H3. The van der Waals surface area contributed by atoms with Crippen molar-refractivity contribution in [2.75, 3.05) is 13.7 Å². The summed E-state index contributed by atoms with van der Waals surface area (Å²) in [6.45, 7) is 4.28. The summed E-state index contributed by atoms with van der Waals surface area (Å²) >= 11 is 1.56. The summed E-state index contributed by atoms with van der Waals surface area (Å²) in [5, 5.41) is 0.850. The summed E-state index contributed by atoms with van der Waals surface area (Å²) in [5.41, 5.74) is 2.52. The van der Waals surface area contributed by atoms with Gasteiger partial charge in [0.1, 0.15) is 5.01 Å². The topological polar surface area (TPSA) is 59.5 Å². The van der Waals surface area contributed by atoms with Crippen molar-refractivity contribution in [1.82, 2.24) is 9.88 Å². The Morgan fingerprint density at radius 1 is 1.11 bits per heavy atom. The molecule has 0 radical (unpaired) electrons. The van der Waals surface area contributed by atoms with E-state index >= 15 is 0 Å². The minimum Gasteiger partial charge on any atom is -0.452 e. The van der Waals surface area contributed by atoms with Gasteiger partial charge in [-0.25, -0.2) is 9.78 Å². The van der Waals surface area contributed by atoms with Crippen LogP contribution in [0.1, 0.15) is 40.7 Å². The van der Waals surface area contributed by atoms with Crippen molar-refractivity contribution in [2.24, 2.45) is 0 Å². The quantitative estimate of drug-likeness (QED) is 0.599. The zero-order chi connectivity index (χ0) is 19.4. The van der Waals surface area contributed by atoms with E-state index in [9.17, 15) is 9.59 Å². The number of carbonyl (C=O) groups excluding carboxylic acids is 2. The lowest BCUT2D eigenvalue weighted by molar-refractivity contribution is -0.133. The summed E-state index contributed by atoms with van der Waals surface area (Å²) in [6.07, 6.45) is 0. The number of nitrogens with zero attached hydrogens (tertiary/aromatic N) is 2. The number of esters is 1. The minimum absolute atomic E-state index is 0.263. The van der Waals surface area contributed by atoms with Crippen LogP contribution in [0.2, 0.25) is 0 Å². The second-order valence-electron chi connectivity index (χ2n) is 6.68. The fourth-order valence-electron chi connectivity index (χ4n) is 2.60. The molecule has 3 aromatic rings. The first-order chi connectivity index (χ1) is 12.9. The van der Waals surface area contributed by atoms with Crippen LogP contribution in [-0.4, -0.2) is 35.4 Å². The van der Waals surface area contributed by atoms with Gasteiger partial charge in [0.2, 0.25) is 0 Å². The highest BCUT2D eigenvalue weighted by Gasteiger charge is 2.15. The van der Waals surface area contributed by atoms with Crippen LogP contribution in [0, 0.1) is 0 Å². The molecule has 3 rings (SSSR count). The number of benzene rings is 2. The second kappa shape index (κ2) is 8.31. The van der Waals surface area contributed by atoms with Crippen LogP contribution >= 0.6 is 11.3 Å². The molecule has 6 heteroatoms. The molecular weight excluding hydrogens is 360 g/mol. The molecule has 27 heavy (non-hydrogen) atoms. The Labute approximate surface area is 162 Å². The van der Waals surface area contributed by atoms with Crippen molar-refractivity contribution >= 4 is 33.4 Å². The SMILES string of the molecule is CC(C)c1ccc(C(=O)OCC(=O)N(C)Cc2nc3ccccc3s2)cc1. The van der Waals surface area contributed by atoms with Gasteiger partial charge < -0.3 is 9.64 Å². The van der Waals surface area contributed by atoms with Crippen LogP contribution in [-0.2, 0) is 16.1 Å². The number of ether oxygens (including phenoxy) is 1. The summed E-state index contributed by atoms with van der Waals surface area (Å²) in [5.74, 6) is -0.360. The Morgan fingerprint density at radius 3 is 2.48 bits per heavy atom. The van der Waals surface area contributed by atoms with E-state index in [-0.39, 0.29) is 12.5 Å². The lowest BCUT2D eigenvalue weighted by atomic mass is 10.0. The molecule has 0 fully saturated rings. The molecule has 0 atom stereocenters. The van der Waals surface area contributed by atoms with Gasteiger partial charge in [-0.05, 0) is 35.7 Å². The number of para-hydroxylation sites is 1. The molecule has 0 spiro atoms. The van der Waals surface area contributed by atoms with Gasteiger partial charge in [0.15, 0.2) is 6.61 Å². The minimum atomic E-state index is -0.493.